The van der Waals surface area contributed by atoms with Gasteiger partial charge in [-0.3, -0.25) is 9.59 Å². The van der Waals surface area contributed by atoms with E-state index in [0.717, 1.165) is 24.8 Å². The molecule has 5 heteroatoms. The maximum Gasteiger partial charge on any atom is 0.339 e. The van der Waals surface area contributed by atoms with Crippen molar-refractivity contribution in [2.75, 3.05) is 13.2 Å². The molecule has 1 unspecified atom stereocenters. The molecule has 2 aromatic carbocycles. The minimum absolute atomic E-state index is 0.162. The van der Waals surface area contributed by atoms with Crippen LogP contribution in [0.15, 0.2) is 48.5 Å². The number of likely N-dealkylation sites (tertiary alicyclic amines) is 1. The highest BCUT2D eigenvalue weighted by molar-refractivity contribution is 6.14. The van der Waals surface area contributed by atoms with Crippen LogP contribution in [0.2, 0.25) is 0 Å². The van der Waals surface area contributed by atoms with Crippen LogP contribution < -0.4 is 0 Å². The molecule has 5 nitrogen and oxygen atoms in total. The molecule has 0 radical (unpaired) electrons. The molecule has 2 aromatic rings. The number of esters is 1. The summed E-state index contributed by atoms with van der Waals surface area (Å²) in [6.07, 6.45) is 3.05. The summed E-state index contributed by atoms with van der Waals surface area (Å²) in [6.45, 7) is 4.34. The minimum atomic E-state index is -0.658. The molecule has 3 rings (SSSR count). The molecule has 1 aliphatic rings. The van der Waals surface area contributed by atoms with Crippen LogP contribution in [0.5, 0.6) is 0 Å². The number of piperidine rings is 1. The average Bonchev–Trinajstić information content (AvgIpc) is 2.72. The second-order valence-electron chi connectivity index (χ2n) is 7.25. The number of carbonyl (C=O) groups excluding carboxylic acids is 3. The summed E-state index contributed by atoms with van der Waals surface area (Å²) >= 11 is 0. The average molecular weight is 379 g/mol. The predicted octanol–water partition coefficient (Wildman–Crippen LogP) is 3.78. The first-order valence-corrected chi connectivity index (χ1v) is 9.64. The zero-order chi connectivity index (χ0) is 20.1. The summed E-state index contributed by atoms with van der Waals surface area (Å²) in [5.74, 6) is -1.10. The van der Waals surface area contributed by atoms with E-state index in [4.69, 9.17) is 4.74 Å². The van der Waals surface area contributed by atoms with Crippen molar-refractivity contribution in [2.45, 2.75) is 39.2 Å². The molecule has 146 valence electrons. The van der Waals surface area contributed by atoms with E-state index in [1.165, 1.54) is 0 Å². The van der Waals surface area contributed by atoms with E-state index in [-0.39, 0.29) is 35.5 Å². The van der Waals surface area contributed by atoms with Crippen molar-refractivity contribution in [1.29, 1.82) is 0 Å². The molecule has 1 amide bonds. The van der Waals surface area contributed by atoms with Gasteiger partial charge in [-0.2, -0.15) is 0 Å². The molecule has 0 N–H and O–H groups in total. The van der Waals surface area contributed by atoms with Crippen molar-refractivity contribution in [1.82, 2.24) is 4.90 Å². The molecule has 0 aliphatic carbocycles. The van der Waals surface area contributed by atoms with E-state index in [9.17, 15) is 14.4 Å². The van der Waals surface area contributed by atoms with Crippen molar-refractivity contribution < 1.29 is 19.1 Å². The fraction of sp³-hybridized carbons (Fsp3) is 0.348. The largest absolute Gasteiger partial charge is 0.452 e. The van der Waals surface area contributed by atoms with Gasteiger partial charge in [-0.05, 0) is 39.2 Å². The molecule has 0 aromatic heterocycles. The van der Waals surface area contributed by atoms with Crippen molar-refractivity contribution in [3.63, 3.8) is 0 Å². The number of benzene rings is 2. The highest BCUT2D eigenvalue weighted by atomic mass is 16.5. The second kappa shape index (κ2) is 8.83. The molecule has 0 bridgehead atoms. The summed E-state index contributed by atoms with van der Waals surface area (Å²) in [5.41, 5.74) is 2.00. The maximum absolute atomic E-state index is 12.8. The summed E-state index contributed by atoms with van der Waals surface area (Å²) in [5, 5.41) is 0. The molecule has 1 heterocycles. The lowest BCUT2D eigenvalue weighted by molar-refractivity contribution is -0.137. The van der Waals surface area contributed by atoms with Crippen molar-refractivity contribution in [2.24, 2.45) is 0 Å². The Morgan fingerprint density at radius 2 is 1.68 bits per heavy atom. The zero-order valence-electron chi connectivity index (χ0n) is 16.3. The first-order chi connectivity index (χ1) is 13.5. The smallest absolute Gasteiger partial charge is 0.339 e. The van der Waals surface area contributed by atoms with Gasteiger partial charge in [0.1, 0.15) is 0 Å². The van der Waals surface area contributed by atoms with Crippen molar-refractivity contribution >= 4 is 17.7 Å². The number of rotatable bonds is 5. The molecule has 1 saturated heterocycles. The van der Waals surface area contributed by atoms with Gasteiger partial charge in [-0.25, -0.2) is 4.79 Å². The lowest BCUT2D eigenvalue weighted by atomic mass is 9.98. The van der Waals surface area contributed by atoms with Gasteiger partial charge in [0.25, 0.3) is 5.91 Å². The normalized spacial score (nSPS) is 16.5. The summed E-state index contributed by atoms with van der Waals surface area (Å²) < 4.78 is 5.25. The van der Waals surface area contributed by atoms with Gasteiger partial charge in [0.2, 0.25) is 0 Å². The first kappa shape index (κ1) is 19.8. The topological polar surface area (TPSA) is 63.7 Å². The third-order valence-electron chi connectivity index (χ3n) is 5.16. The summed E-state index contributed by atoms with van der Waals surface area (Å²) in [4.78, 5) is 39.6. The Bertz CT molecular complexity index is 872. The Morgan fingerprint density at radius 1 is 1.00 bits per heavy atom. The van der Waals surface area contributed by atoms with Gasteiger partial charge in [0, 0.05) is 23.7 Å². The van der Waals surface area contributed by atoms with Crippen LogP contribution in [-0.2, 0) is 9.53 Å². The molecule has 1 atom stereocenters. The van der Waals surface area contributed by atoms with Crippen LogP contribution in [0.3, 0.4) is 0 Å². The number of aryl methyl sites for hydroxylation is 1. The Morgan fingerprint density at radius 3 is 2.36 bits per heavy atom. The number of amides is 1. The predicted molar refractivity (Wildman–Crippen MR) is 106 cm³/mol. The van der Waals surface area contributed by atoms with E-state index in [2.05, 4.69) is 0 Å². The SMILES string of the molecule is Cc1ccc(C(=O)c2ccccc2C(=O)OCC(=O)N2CCCCC2C)cc1. The quantitative estimate of drug-likeness (QED) is 0.586. The molecule has 0 saturated carbocycles. The third-order valence-corrected chi connectivity index (χ3v) is 5.16. The van der Waals surface area contributed by atoms with Crippen LogP contribution in [-0.4, -0.2) is 41.8 Å². The Balaban J connectivity index is 1.71. The third kappa shape index (κ3) is 4.47. The fourth-order valence-corrected chi connectivity index (χ4v) is 3.48. The van der Waals surface area contributed by atoms with E-state index in [1.54, 1.807) is 41.3 Å². The minimum Gasteiger partial charge on any atom is -0.452 e. The number of nitrogens with zero attached hydrogens (tertiary/aromatic N) is 1. The number of hydrogen-bond donors (Lipinski definition) is 0. The van der Waals surface area contributed by atoms with E-state index in [0.29, 0.717) is 12.1 Å². The van der Waals surface area contributed by atoms with Crippen LogP contribution >= 0.6 is 0 Å². The van der Waals surface area contributed by atoms with Crippen LogP contribution in [0, 0.1) is 6.92 Å². The van der Waals surface area contributed by atoms with Gasteiger partial charge >= 0.3 is 5.97 Å². The van der Waals surface area contributed by atoms with Gasteiger partial charge in [0.05, 0.1) is 5.56 Å². The van der Waals surface area contributed by atoms with E-state index < -0.39 is 5.97 Å². The lowest BCUT2D eigenvalue weighted by Gasteiger charge is -2.33. The number of ketones is 1. The molecular formula is C23H25NO4. The molecule has 1 fully saturated rings. The van der Waals surface area contributed by atoms with Crippen molar-refractivity contribution in [3.8, 4) is 0 Å². The molecule has 1 aliphatic heterocycles. The van der Waals surface area contributed by atoms with Gasteiger partial charge in [-0.1, -0.05) is 48.0 Å². The van der Waals surface area contributed by atoms with E-state index >= 15 is 0 Å². The Kier molecular flexibility index (Phi) is 6.24. The lowest BCUT2D eigenvalue weighted by Crippen LogP contribution is -2.44. The van der Waals surface area contributed by atoms with E-state index in [1.807, 2.05) is 26.0 Å². The molecule has 28 heavy (non-hydrogen) atoms. The van der Waals surface area contributed by atoms with Gasteiger partial charge in [-0.15, -0.1) is 0 Å². The van der Waals surface area contributed by atoms with Gasteiger partial charge in [0.15, 0.2) is 12.4 Å². The monoisotopic (exact) mass is 379 g/mol. The van der Waals surface area contributed by atoms with Crippen molar-refractivity contribution in [3.05, 3.63) is 70.8 Å². The first-order valence-electron chi connectivity index (χ1n) is 9.64. The number of hydrogen-bond acceptors (Lipinski definition) is 4. The van der Waals surface area contributed by atoms with Crippen LogP contribution in [0.25, 0.3) is 0 Å². The van der Waals surface area contributed by atoms with Gasteiger partial charge < -0.3 is 9.64 Å². The van der Waals surface area contributed by atoms with Crippen LogP contribution in [0.1, 0.15) is 58.0 Å². The number of carbonyl (C=O) groups is 3. The van der Waals surface area contributed by atoms with Crippen LogP contribution in [0.4, 0.5) is 0 Å². The fourth-order valence-electron chi connectivity index (χ4n) is 3.48. The zero-order valence-corrected chi connectivity index (χ0v) is 16.3. The Hall–Kier alpha value is -2.95. The highest BCUT2D eigenvalue weighted by Gasteiger charge is 2.25. The summed E-state index contributed by atoms with van der Waals surface area (Å²) in [7, 11) is 0. The molecule has 0 spiro atoms. The summed E-state index contributed by atoms with van der Waals surface area (Å²) in [6, 6.07) is 13.9. The standard InChI is InChI=1S/C23H25NO4/c1-16-10-12-18(13-11-16)22(26)19-8-3-4-9-20(19)23(27)28-15-21(25)24-14-6-5-7-17(24)2/h3-4,8-13,17H,5-7,14-15H2,1-2H3. The highest BCUT2D eigenvalue weighted by Crippen LogP contribution is 2.18. The second-order valence-corrected chi connectivity index (χ2v) is 7.25. The number of ether oxygens (including phenoxy) is 1. The molecular weight excluding hydrogens is 354 g/mol. The maximum atomic E-state index is 12.8. The Labute approximate surface area is 165 Å².